The quantitative estimate of drug-likeness (QED) is 0.747. The van der Waals surface area contributed by atoms with Gasteiger partial charge in [-0.15, -0.1) is 0 Å². The number of nitrogens with one attached hydrogen (secondary N) is 1. The Hall–Kier alpha value is -1.93. The Kier molecular flexibility index (Phi) is 5.69. The second-order valence-electron chi connectivity index (χ2n) is 3.35. The molecule has 17 heavy (non-hydrogen) atoms. The first-order chi connectivity index (χ1) is 8.27. The van der Waals surface area contributed by atoms with Crippen molar-refractivity contribution < 1.29 is 9.53 Å². The number of hydrogen-bond donors (Lipinski definition) is 1. The van der Waals surface area contributed by atoms with Gasteiger partial charge in [0.2, 0.25) is 0 Å². The lowest BCUT2D eigenvalue weighted by Gasteiger charge is -2.04. The predicted octanol–water partition coefficient (Wildman–Crippen LogP) is 1.11. The van der Waals surface area contributed by atoms with Crippen LogP contribution in [0.1, 0.15) is 29.4 Å². The molecule has 0 saturated heterocycles. The minimum atomic E-state index is -0.231. The van der Waals surface area contributed by atoms with Gasteiger partial charge < -0.3 is 10.1 Å². The second-order valence-corrected chi connectivity index (χ2v) is 3.35. The van der Waals surface area contributed by atoms with E-state index in [-0.39, 0.29) is 5.91 Å². The average Bonchev–Trinajstić information content (AvgIpc) is 2.38. The van der Waals surface area contributed by atoms with Crippen LogP contribution in [-0.2, 0) is 4.74 Å². The van der Waals surface area contributed by atoms with E-state index in [1.807, 2.05) is 13.0 Å². The molecule has 0 bridgehead atoms. The molecule has 5 nitrogen and oxygen atoms in total. The number of rotatable bonds is 6. The largest absolute Gasteiger partial charge is 0.382 e. The van der Waals surface area contributed by atoms with E-state index in [2.05, 4.69) is 10.3 Å². The number of aromatic nitrogens is 1. The highest BCUT2D eigenvalue weighted by molar-refractivity contribution is 5.92. The molecule has 0 aliphatic heterocycles. The molecule has 0 aromatic carbocycles. The number of hydrogen-bond acceptors (Lipinski definition) is 4. The lowest BCUT2D eigenvalue weighted by Crippen LogP contribution is -2.26. The Labute approximate surface area is 100 Å². The molecule has 0 saturated carbocycles. The van der Waals surface area contributed by atoms with Crippen molar-refractivity contribution in [1.29, 1.82) is 5.26 Å². The maximum Gasteiger partial charge on any atom is 0.269 e. The summed E-state index contributed by atoms with van der Waals surface area (Å²) in [5.74, 6) is -0.231. The van der Waals surface area contributed by atoms with Crippen molar-refractivity contribution in [2.45, 2.75) is 13.3 Å². The first kappa shape index (κ1) is 13.1. The van der Waals surface area contributed by atoms with Gasteiger partial charge in [-0.25, -0.2) is 4.98 Å². The standard InChI is InChI=1S/C12H15N3O2/c1-2-17-7-3-6-14-12(16)11-5-4-10(8-13)9-15-11/h4-5,9H,2-3,6-7H2,1H3,(H,14,16). The van der Waals surface area contributed by atoms with Gasteiger partial charge in [-0.3, -0.25) is 4.79 Å². The van der Waals surface area contributed by atoms with Gasteiger partial charge in [0, 0.05) is 26.0 Å². The van der Waals surface area contributed by atoms with Crippen LogP contribution in [0.4, 0.5) is 0 Å². The monoisotopic (exact) mass is 233 g/mol. The molecule has 1 amide bonds. The number of ether oxygens (including phenoxy) is 1. The van der Waals surface area contributed by atoms with Crippen LogP contribution in [0, 0.1) is 11.3 Å². The third kappa shape index (κ3) is 4.62. The number of carbonyl (C=O) groups is 1. The third-order valence-electron chi connectivity index (χ3n) is 2.08. The molecule has 1 heterocycles. The van der Waals surface area contributed by atoms with Crippen LogP contribution in [-0.4, -0.2) is 30.6 Å². The van der Waals surface area contributed by atoms with Gasteiger partial charge >= 0.3 is 0 Å². The van der Waals surface area contributed by atoms with Crippen molar-refractivity contribution in [3.05, 3.63) is 29.6 Å². The Morgan fingerprint density at radius 2 is 2.41 bits per heavy atom. The molecule has 90 valence electrons. The SMILES string of the molecule is CCOCCCNC(=O)c1ccc(C#N)cn1. The van der Waals surface area contributed by atoms with Crippen LogP contribution in [0.15, 0.2) is 18.3 Å². The topological polar surface area (TPSA) is 75.0 Å². The van der Waals surface area contributed by atoms with Crippen LogP contribution < -0.4 is 5.32 Å². The highest BCUT2D eigenvalue weighted by atomic mass is 16.5. The molecule has 1 aromatic heterocycles. The Bertz CT molecular complexity index is 395. The van der Waals surface area contributed by atoms with Crippen molar-refractivity contribution >= 4 is 5.91 Å². The van der Waals surface area contributed by atoms with E-state index in [0.717, 1.165) is 6.42 Å². The molecule has 0 aliphatic rings. The highest BCUT2D eigenvalue weighted by Crippen LogP contribution is 1.98. The van der Waals surface area contributed by atoms with Gasteiger partial charge in [-0.2, -0.15) is 5.26 Å². The van der Waals surface area contributed by atoms with Crippen molar-refractivity contribution in [1.82, 2.24) is 10.3 Å². The summed E-state index contributed by atoms with van der Waals surface area (Å²) < 4.78 is 5.15. The van der Waals surface area contributed by atoms with Gasteiger partial charge in [0.25, 0.3) is 5.91 Å². The summed E-state index contributed by atoms with van der Waals surface area (Å²) in [6.45, 7) is 3.81. The smallest absolute Gasteiger partial charge is 0.269 e. The summed E-state index contributed by atoms with van der Waals surface area (Å²) in [5.41, 5.74) is 0.762. The second kappa shape index (κ2) is 7.36. The fourth-order valence-corrected chi connectivity index (χ4v) is 1.21. The lowest BCUT2D eigenvalue weighted by molar-refractivity contribution is 0.0939. The van der Waals surface area contributed by atoms with Crippen LogP contribution in [0.2, 0.25) is 0 Å². The zero-order valence-electron chi connectivity index (χ0n) is 9.77. The first-order valence-electron chi connectivity index (χ1n) is 5.50. The summed E-state index contributed by atoms with van der Waals surface area (Å²) >= 11 is 0. The van der Waals surface area contributed by atoms with Gasteiger partial charge in [0.1, 0.15) is 11.8 Å². The first-order valence-corrected chi connectivity index (χ1v) is 5.50. The van der Waals surface area contributed by atoms with E-state index >= 15 is 0 Å². The van der Waals surface area contributed by atoms with Crippen molar-refractivity contribution in [3.8, 4) is 6.07 Å². The number of amides is 1. The molecule has 0 aliphatic carbocycles. The summed E-state index contributed by atoms with van der Waals surface area (Å²) in [4.78, 5) is 15.5. The fraction of sp³-hybridized carbons (Fsp3) is 0.417. The number of nitriles is 1. The minimum Gasteiger partial charge on any atom is -0.382 e. The van der Waals surface area contributed by atoms with E-state index in [0.29, 0.717) is 31.0 Å². The average molecular weight is 233 g/mol. The summed E-state index contributed by atoms with van der Waals surface area (Å²) in [6.07, 6.45) is 2.16. The zero-order valence-corrected chi connectivity index (χ0v) is 9.77. The number of nitrogens with zero attached hydrogens (tertiary/aromatic N) is 2. The van der Waals surface area contributed by atoms with Gasteiger partial charge in [0.05, 0.1) is 5.56 Å². The molecular weight excluding hydrogens is 218 g/mol. The highest BCUT2D eigenvalue weighted by Gasteiger charge is 2.05. The van der Waals surface area contributed by atoms with E-state index < -0.39 is 0 Å². The van der Waals surface area contributed by atoms with E-state index in [1.54, 1.807) is 6.07 Å². The van der Waals surface area contributed by atoms with E-state index in [9.17, 15) is 4.79 Å². The van der Waals surface area contributed by atoms with Crippen molar-refractivity contribution in [2.24, 2.45) is 0 Å². The maximum absolute atomic E-state index is 11.6. The van der Waals surface area contributed by atoms with E-state index in [4.69, 9.17) is 10.00 Å². The Morgan fingerprint density at radius 1 is 1.59 bits per heavy atom. The van der Waals surface area contributed by atoms with Gasteiger partial charge in [0.15, 0.2) is 0 Å². The molecule has 1 N–H and O–H groups in total. The van der Waals surface area contributed by atoms with Crippen LogP contribution >= 0.6 is 0 Å². The summed E-state index contributed by atoms with van der Waals surface area (Å²) in [5, 5.41) is 11.3. The minimum absolute atomic E-state index is 0.231. The fourth-order valence-electron chi connectivity index (χ4n) is 1.21. The Balaban J connectivity index is 2.34. The van der Waals surface area contributed by atoms with Crippen LogP contribution in [0.5, 0.6) is 0 Å². The molecule has 5 heteroatoms. The molecule has 1 rings (SSSR count). The Morgan fingerprint density at radius 3 is 3.00 bits per heavy atom. The molecule has 1 aromatic rings. The summed E-state index contributed by atoms with van der Waals surface area (Å²) in [6, 6.07) is 5.06. The zero-order chi connectivity index (χ0) is 12.5. The third-order valence-corrected chi connectivity index (χ3v) is 2.08. The molecule has 0 unspecified atom stereocenters. The normalized spacial score (nSPS) is 9.65. The molecule has 0 atom stereocenters. The van der Waals surface area contributed by atoms with Crippen molar-refractivity contribution in [2.75, 3.05) is 19.8 Å². The molecule has 0 radical (unpaired) electrons. The van der Waals surface area contributed by atoms with Gasteiger partial charge in [-0.05, 0) is 25.5 Å². The van der Waals surface area contributed by atoms with Gasteiger partial charge in [-0.1, -0.05) is 0 Å². The van der Waals surface area contributed by atoms with Crippen molar-refractivity contribution in [3.63, 3.8) is 0 Å². The van der Waals surface area contributed by atoms with E-state index in [1.165, 1.54) is 12.3 Å². The molecular formula is C12H15N3O2. The molecule has 0 spiro atoms. The van der Waals surface area contributed by atoms with Crippen LogP contribution in [0.3, 0.4) is 0 Å². The lowest BCUT2D eigenvalue weighted by atomic mass is 10.2. The maximum atomic E-state index is 11.6. The van der Waals surface area contributed by atoms with Crippen LogP contribution in [0.25, 0.3) is 0 Å². The number of carbonyl (C=O) groups excluding carboxylic acids is 1. The molecule has 0 fully saturated rings. The number of pyridine rings is 1. The summed E-state index contributed by atoms with van der Waals surface area (Å²) in [7, 11) is 0. The predicted molar refractivity (Wildman–Crippen MR) is 62.4 cm³/mol.